The molecule has 1 rings (SSSR count). The minimum Gasteiger partial charge on any atom is -0.368 e. The van der Waals surface area contributed by atoms with E-state index >= 15 is 0 Å². The quantitative estimate of drug-likeness (QED) is 0.388. The molecule has 0 aromatic carbocycles. The topological polar surface area (TPSA) is 154 Å². The number of hydrogen-bond acceptors (Lipinski definition) is 7. The number of anilines is 3. The van der Waals surface area contributed by atoms with Crippen LogP contribution in [-0.2, 0) is 9.90 Å². The molecule has 0 bridgehead atoms. The lowest BCUT2D eigenvalue weighted by Crippen LogP contribution is -2.05. The van der Waals surface area contributed by atoms with E-state index in [9.17, 15) is 0 Å². The van der Waals surface area contributed by atoms with Crippen molar-refractivity contribution in [1.82, 2.24) is 15.0 Å². The lowest BCUT2D eigenvalue weighted by Gasteiger charge is -1.93. The minimum atomic E-state index is -0.500. The van der Waals surface area contributed by atoms with Gasteiger partial charge in [0.1, 0.15) is 0 Å². The maximum atomic E-state index is 8.25. The second-order valence-electron chi connectivity index (χ2n) is 1.51. The molecule has 1 radical (unpaired) electrons. The van der Waals surface area contributed by atoms with E-state index in [0.717, 1.165) is 0 Å². The summed E-state index contributed by atoms with van der Waals surface area (Å²) in [4.78, 5) is 18.7. The summed E-state index contributed by atoms with van der Waals surface area (Å²) in [7, 11) is 0. The molecule has 0 aliphatic heterocycles. The third-order valence-electron chi connectivity index (χ3n) is 0.687. The number of nitrogen functional groups attached to an aromatic ring is 3. The molecule has 12 heavy (non-hydrogen) atoms. The summed E-state index contributed by atoms with van der Waals surface area (Å²) in [5.41, 5.74) is 15.4. The lowest BCUT2D eigenvalue weighted by atomic mass is 10.9. The maximum Gasteiger partial charge on any atom is 0.344 e. The highest BCUT2D eigenvalue weighted by Gasteiger charge is 1.93. The molecule has 8 heteroatoms. The van der Waals surface area contributed by atoms with Crippen molar-refractivity contribution in [3.8, 4) is 0 Å². The highest BCUT2D eigenvalue weighted by molar-refractivity contribution is 5.33. The molecule has 0 aliphatic carbocycles. The van der Waals surface area contributed by atoms with Gasteiger partial charge >= 0.3 is 6.47 Å². The van der Waals surface area contributed by atoms with Crippen molar-refractivity contribution in [3.63, 3.8) is 0 Å². The van der Waals surface area contributed by atoms with Gasteiger partial charge in [0.25, 0.3) is 0 Å². The first-order valence-corrected chi connectivity index (χ1v) is 2.68. The Balaban J connectivity index is 0.000000354. The molecule has 65 valence electrons. The monoisotopic (exact) mass is 171 g/mol. The van der Waals surface area contributed by atoms with Crippen LogP contribution in [0.2, 0.25) is 0 Å². The Kier molecular flexibility index (Phi) is 3.84. The van der Waals surface area contributed by atoms with Gasteiger partial charge in [-0.1, -0.05) is 0 Å². The van der Waals surface area contributed by atoms with E-state index in [4.69, 9.17) is 27.1 Å². The summed E-state index contributed by atoms with van der Waals surface area (Å²) in [6.07, 6.45) is 0. The van der Waals surface area contributed by atoms with Gasteiger partial charge in [-0.05, 0) is 0 Å². The zero-order chi connectivity index (χ0) is 9.56. The SMILES string of the molecule is Nc1nc(N)nc(N)n1.[O]C=O. The van der Waals surface area contributed by atoms with E-state index in [1.807, 2.05) is 0 Å². The van der Waals surface area contributed by atoms with E-state index in [1.54, 1.807) is 0 Å². The van der Waals surface area contributed by atoms with Gasteiger partial charge in [0.15, 0.2) is 0 Å². The van der Waals surface area contributed by atoms with E-state index in [-0.39, 0.29) is 17.8 Å². The fraction of sp³-hybridized carbons (Fsp3) is 0. The average molecular weight is 171 g/mol. The fourth-order valence-electron chi connectivity index (χ4n) is 0.427. The van der Waals surface area contributed by atoms with Crippen LogP contribution in [-0.4, -0.2) is 21.4 Å². The zero-order valence-electron chi connectivity index (χ0n) is 5.97. The zero-order valence-corrected chi connectivity index (χ0v) is 5.97. The van der Waals surface area contributed by atoms with Crippen LogP contribution in [0.3, 0.4) is 0 Å². The first-order valence-electron chi connectivity index (χ1n) is 2.68. The number of carbonyl (C=O) groups excluding carboxylic acids is 1. The molecular weight excluding hydrogens is 164 g/mol. The van der Waals surface area contributed by atoms with Crippen LogP contribution in [0.15, 0.2) is 0 Å². The Hall–Kier alpha value is -2.12. The third kappa shape index (κ3) is 3.82. The molecule has 0 fully saturated rings. The summed E-state index contributed by atoms with van der Waals surface area (Å²) < 4.78 is 0. The van der Waals surface area contributed by atoms with Crippen LogP contribution in [0.4, 0.5) is 17.8 Å². The van der Waals surface area contributed by atoms with Gasteiger partial charge in [-0.2, -0.15) is 15.0 Å². The number of aromatic nitrogens is 3. The fourth-order valence-corrected chi connectivity index (χ4v) is 0.427. The van der Waals surface area contributed by atoms with Crippen LogP contribution >= 0.6 is 0 Å². The Morgan fingerprint density at radius 1 is 0.917 bits per heavy atom. The van der Waals surface area contributed by atoms with E-state index < -0.39 is 6.47 Å². The summed E-state index contributed by atoms with van der Waals surface area (Å²) >= 11 is 0. The van der Waals surface area contributed by atoms with Gasteiger partial charge in [-0.3, -0.25) is 9.90 Å². The molecule has 1 aromatic rings. The molecule has 0 spiro atoms. The molecule has 0 saturated heterocycles. The minimum absolute atomic E-state index is 0.0417. The molecular formula is C4H7N6O2. The highest BCUT2D eigenvalue weighted by Crippen LogP contribution is 1.97. The molecule has 0 atom stereocenters. The predicted molar refractivity (Wildman–Crippen MR) is 39.8 cm³/mol. The first-order chi connectivity index (χ1) is 5.60. The second-order valence-corrected chi connectivity index (χ2v) is 1.51. The van der Waals surface area contributed by atoms with E-state index in [0.29, 0.717) is 0 Å². The molecule has 1 heterocycles. The summed E-state index contributed by atoms with van der Waals surface area (Å²) in [5, 5.41) is 8.25. The smallest absolute Gasteiger partial charge is 0.344 e. The molecule has 0 aliphatic rings. The largest absolute Gasteiger partial charge is 0.368 e. The molecule has 6 N–H and O–H groups in total. The molecule has 0 unspecified atom stereocenters. The molecule has 0 saturated carbocycles. The van der Waals surface area contributed by atoms with Crippen molar-refractivity contribution in [2.75, 3.05) is 17.2 Å². The van der Waals surface area contributed by atoms with Crippen LogP contribution in [0, 0.1) is 0 Å². The number of nitrogens with zero attached hydrogens (tertiary/aromatic N) is 3. The Bertz CT molecular complexity index is 213. The van der Waals surface area contributed by atoms with Crippen molar-refractivity contribution >= 4 is 24.3 Å². The van der Waals surface area contributed by atoms with Gasteiger partial charge in [0.2, 0.25) is 17.8 Å². The van der Waals surface area contributed by atoms with Crippen molar-refractivity contribution in [1.29, 1.82) is 0 Å². The predicted octanol–water partition coefficient (Wildman–Crippen LogP) is -1.81. The highest BCUT2D eigenvalue weighted by atomic mass is 16.3. The van der Waals surface area contributed by atoms with Crippen LogP contribution in [0.25, 0.3) is 0 Å². The van der Waals surface area contributed by atoms with Crippen LogP contribution < -0.4 is 17.2 Å². The molecule has 8 nitrogen and oxygen atoms in total. The number of nitrogens with two attached hydrogens (primary N) is 3. The molecule has 1 aromatic heterocycles. The summed E-state index contributed by atoms with van der Waals surface area (Å²) in [5.74, 6) is 0.125. The van der Waals surface area contributed by atoms with Crippen molar-refractivity contribution < 1.29 is 9.90 Å². The number of carbonyl (C=O) groups is 1. The third-order valence-corrected chi connectivity index (χ3v) is 0.687. The normalized spacial score (nSPS) is 8.00. The van der Waals surface area contributed by atoms with E-state index in [2.05, 4.69) is 15.0 Å². The first kappa shape index (κ1) is 9.88. The van der Waals surface area contributed by atoms with Crippen LogP contribution in [0.5, 0.6) is 0 Å². The Morgan fingerprint density at radius 2 is 1.08 bits per heavy atom. The Morgan fingerprint density at radius 3 is 1.25 bits per heavy atom. The van der Waals surface area contributed by atoms with Crippen molar-refractivity contribution in [2.24, 2.45) is 0 Å². The maximum absolute atomic E-state index is 8.25. The standard InChI is InChI=1S/C3H6N6.CHO2/c4-1-7-2(5)9-3(6)8-1;2-1-3/h(H6,4,5,6,7,8,9);1H. The number of rotatable bonds is 0. The van der Waals surface area contributed by atoms with Crippen LogP contribution in [0.1, 0.15) is 0 Å². The second kappa shape index (κ2) is 4.66. The molecule has 0 amide bonds. The summed E-state index contributed by atoms with van der Waals surface area (Å²) in [6.45, 7) is -0.500. The summed E-state index contributed by atoms with van der Waals surface area (Å²) in [6, 6.07) is 0. The average Bonchev–Trinajstić information content (AvgIpc) is 1.84. The number of hydrogen-bond donors (Lipinski definition) is 3. The van der Waals surface area contributed by atoms with Gasteiger partial charge in [-0.25, -0.2) is 0 Å². The van der Waals surface area contributed by atoms with Crippen molar-refractivity contribution in [3.05, 3.63) is 0 Å². The van der Waals surface area contributed by atoms with Crippen molar-refractivity contribution in [2.45, 2.75) is 0 Å². The lowest BCUT2D eigenvalue weighted by molar-refractivity contribution is -0.128. The van der Waals surface area contributed by atoms with Gasteiger partial charge in [0, 0.05) is 0 Å². The van der Waals surface area contributed by atoms with Gasteiger partial charge in [-0.15, -0.1) is 0 Å². The van der Waals surface area contributed by atoms with Gasteiger partial charge < -0.3 is 17.2 Å². The Labute approximate surface area is 67.4 Å². The van der Waals surface area contributed by atoms with E-state index in [1.165, 1.54) is 0 Å². The van der Waals surface area contributed by atoms with Gasteiger partial charge in [0.05, 0.1) is 0 Å².